The fraction of sp³-hybridized carbons (Fsp3) is 0.667. The van der Waals surface area contributed by atoms with E-state index in [1.54, 1.807) is 0 Å². The van der Waals surface area contributed by atoms with Crippen molar-refractivity contribution < 1.29 is 0 Å². The second-order valence-electron chi connectivity index (χ2n) is 5.84. The zero-order chi connectivity index (χ0) is 15.0. The fourth-order valence-corrected chi connectivity index (χ4v) is 2.92. The summed E-state index contributed by atoms with van der Waals surface area (Å²) >= 11 is 0. The first-order valence-corrected chi connectivity index (χ1v) is 10.3. The first-order chi connectivity index (χ1) is 10.4. The summed E-state index contributed by atoms with van der Waals surface area (Å²) in [5.41, 5.74) is 1.39. The van der Waals surface area contributed by atoms with Gasteiger partial charge in [0.2, 0.25) is 0 Å². The van der Waals surface area contributed by atoms with E-state index in [1.807, 2.05) is 0 Å². The van der Waals surface area contributed by atoms with Crippen LogP contribution in [0.5, 0.6) is 0 Å². The lowest BCUT2D eigenvalue weighted by molar-refractivity contribution is 0.545. The van der Waals surface area contributed by atoms with Gasteiger partial charge >= 0.3 is 0 Å². The van der Waals surface area contributed by atoms with E-state index in [4.69, 9.17) is 0 Å². The normalized spacial score (nSPS) is 11.0. The molecule has 1 aromatic carbocycles. The van der Waals surface area contributed by atoms with E-state index in [0.29, 0.717) is 0 Å². The third-order valence-corrected chi connectivity index (χ3v) is 4.38. The van der Waals surface area contributed by atoms with E-state index in [1.165, 1.54) is 79.9 Å². The molecular formula is C18H34N2Si. The van der Waals surface area contributed by atoms with Crippen LogP contribution < -0.4 is 10.6 Å². The van der Waals surface area contributed by atoms with Crippen molar-refractivity contribution in [1.29, 1.82) is 0 Å². The minimum atomic E-state index is 1.01. The summed E-state index contributed by atoms with van der Waals surface area (Å²) in [5.74, 6) is 0. The lowest BCUT2D eigenvalue weighted by atomic mass is 10.1. The number of benzene rings is 1. The molecule has 0 saturated carbocycles. The van der Waals surface area contributed by atoms with Crippen LogP contribution >= 0.6 is 0 Å². The molecule has 0 spiro atoms. The molecular weight excluding hydrogens is 272 g/mol. The molecule has 2 N–H and O–H groups in total. The standard InChI is InChI=1S/C18H34N2Si/c21-17-20-15-11-6-4-2-1-3-5-10-14-19-16-18-12-8-7-9-13-18/h7-9,12-13,19-20H,1-6,10-11,14-17H2,21H3. The quantitative estimate of drug-likeness (QED) is 0.408. The van der Waals surface area contributed by atoms with Crippen molar-refractivity contribution in [2.75, 3.05) is 19.3 Å². The Morgan fingerprint density at radius 3 is 1.76 bits per heavy atom. The van der Waals surface area contributed by atoms with E-state index in [2.05, 4.69) is 41.0 Å². The first-order valence-electron chi connectivity index (χ1n) is 8.89. The van der Waals surface area contributed by atoms with Gasteiger partial charge in [-0.3, -0.25) is 0 Å². The maximum absolute atomic E-state index is 3.53. The number of nitrogens with one attached hydrogen (secondary N) is 2. The van der Waals surface area contributed by atoms with Crippen LogP contribution in [0, 0.1) is 0 Å². The van der Waals surface area contributed by atoms with Crippen molar-refractivity contribution in [3.05, 3.63) is 35.9 Å². The molecule has 2 nitrogen and oxygen atoms in total. The van der Waals surface area contributed by atoms with E-state index in [9.17, 15) is 0 Å². The van der Waals surface area contributed by atoms with Gasteiger partial charge in [0.1, 0.15) is 0 Å². The van der Waals surface area contributed by atoms with Gasteiger partial charge in [0.15, 0.2) is 0 Å². The van der Waals surface area contributed by atoms with Gasteiger partial charge in [-0.1, -0.05) is 68.9 Å². The Kier molecular flexibility index (Phi) is 12.5. The minimum Gasteiger partial charge on any atom is -0.320 e. The van der Waals surface area contributed by atoms with Crippen molar-refractivity contribution in [2.45, 2.75) is 57.9 Å². The second kappa shape index (κ2) is 14.3. The molecule has 0 aliphatic rings. The van der Waals surface area contributed by atoms with E-state index >= 15 is 0 Å². The lowest BCUT2D eigenvalue weighted by Crippen LogP contribution is -2.16. The summed E-state index contributed by atoms with van der Waals surface area (Å²) in [7, 11) is 1.29. The largest absolute Gasteiger partial charge is 0.320 e. The van der Waals surface area contributed by atoms with Gasteiger partial charge in [0, 0.05) is 16.8 Å². The van der Waals surface area contributed by atoms with Crippen LogP contribution in [0.15, 0.2) is 30.3 Å². The average molecular weight is 307 g/mol. The summed E-state index contributed by atoms with van der Waals surface area (Å²) in [5, 5.41) is 6.97. The third-order valence-electron chi connectivity index (χ3n) is 3.88. The molecule has 0 atom stereocenters. The topological polar surface area (TPSA) is 24.1 Å². The molecule has 0 aromatic heterocycles. The molecule has 3 heteroatoms. The molecule has 21 heavy (non-hydrogen) atoms. The van der Waals surface area contributed by atoms with E-state index < -0.39 is 0 Å². The molecule has 0 fully saturated rings. The Bertz CT molecular complexity index is 316. The molecule has 0 aliphatic carbocycles. The molecule has 1 aromatic rings. The highest BCUT2D eigenvalue weighted by molar-refractivity contribution is 6.08. The molecule has 120 valence electrons. The van der Waals surface area contributed by atoms with Crippen LogP contribution in [-0.2, 0) is 6.54 Å². The van der Waals surface area contributed by atoms with Crippen LogP contribution in [0.25, 0.3) is 0 Å². The van der Waals surface area contributed by atoms with E-state index in [-0.39, 0.29) is 0 Å². The fourth-order valence-electron chi connectivity index (χ4n) is 2.57. The molecule has 0 heterocycles. The molecule has 0 bridgehead atoms. The Morgan fingerprint density at radius 1 is 0.667 bits per heavy atom. The SMILES string of the molecule is [SiH3]CNCCCCCCCCCCNCc1ccccc1. The van der Waals surface area contributed by atoms with Crippen LogP contribution in [-0.4, -0.2) is 29.5 Å². The average Bonchev–Trinajstić information content (AvgIpc) is 2.53. The van der Waals surface area contributed by atoms with Gasteiger partial charge in [-0.2, -0.15) is 0 Å². The molecule has 0 radical (unpaired) electrons. The van der Waals surface area contributed by atoms with Crippen LogP contribution in [0.4, 0.5) is 0 Å². The number of hydrogen-bond donors (Lipinski definition) is 2. The number of unbranched alkanes of at least 4 members (excludes halogenated alkanes) is 7. The highest BCUT2D eigenvalue weighted by atomic mass is 28.1. The summed E-state index contributed by atoms with van der Waals surface area (Å²) in [6.45, 7) is 3.40. The third kappa shape index (κ3) is 11.7. The van der Waals surface area contributed by atoms with Crippen LogP contribution in [0.1, 0.15) is 56.9 Å². The van der Waals surface area contributed by atoms with Gasteiger partial charge in [0.05, 0.1) is 0 Å². The lowest BCUT2D eigenvalue weighted by Gasteiger charge is -2.05. The Hall–Kier alpha value is -0.643. The van der Waals surface area contributed by atoms with Gasteiger partial charge < -0.3 is 10.6 Å². The summed E-state index contributed by atoms with van der Waals surface area (Å²) < 4.78 is 0. The van der Waals surface area contributed by atoms with E-state index in [0.717, 1.165) is 13.1 Å². The van der Waals surface area contributed by atoms with Crippen molar-refractivity contribution in [3.63, 3.8) is 0 Å². The summed E-state index contributed by atoms with van der Waals surface area (Å²) in [6.07, 6.45) is 12.4. The van der Waals surface area contributed by atoms with Gasteiger partial charge in [-0.05, 0) is 37.7 Å². The van der Waals surface area contributed by atoms with Crippen molar-refractivity contribution in [1.82, 2.24) is 10.6 Å². The first kappa shape index (κ1) is 18.4. The van der Waals surface area contributed by atoms with Crippen LogP contribution in [0.2, 0.25) is 0 Å². The molecule has 0 aliphatic heterocycles. The number of rotatable bonds is 14. The zero-order valence-electron chi connectivity index (χ0n) is 13.9. The smallest absolute Gasteiger partial charge is 0.0205 e. The number of hydrogen-bond acceptors (Lipinski definition) is 2. The zero-order valence-corrected chi connectivity index (χ0v) is 15.9. The minimum absolute atomic E-state index is 1.01. The Balaban J connectivity index is 1.75. The van der Waals surface area contributed by atoms with Gasteiger partial charge in [0.25, 0.3) is 0 Å². The van der Waals surface area contributed by atoms with Crippen molar-refractivity contribution in [3.8, 4) is 0 Å². The maximum Gasteiger partial charge on any atom is 0.0205 e. The predicted octanol–water partition coefficient (Wildman–Crippen LogP) is 2.81. The second-order valence-corrected chi connectivity index (χ2v) is 6.55. The van der Waals surface area contributed by atoms with Crippen LogP contribution in [0.3, 0.4) is 0 Å². The molecule has 0 amide bonds. The monoisotopic (exact) mass is 306 g/mol. The van der Waals surface area contributed by atoms with Gasteiger partial charge in [-0.25, -0.2) is 0 Å². The summed E-state index contributed by atoms with van der Waals surface area (Å²) in [4.78, 5) is 0. The predicted molar refractivity (Wildman–Crippen MR) is 97.9 cm³/mol. The highest BCUT2D eigenvalue weighted by Gasteiger charge is 1.94. The van der Waals surface area contributed by atoms with Crippen molar-refractivity contribution >= 4 is 10.2 Å². The molecule has 0 unspecified atom stereocenters. The maximum atomic E-state index is 3.53. The Morgan fingerprint density at radius 2 is 1.19 bits per heavy atom. The van der Waals surface area contributed by atoms with Crippen molar-refractivity contribution in [2.24, 2.45) is 0 Å². The van der Waals surface area contributed by atoms with Gasteiger partial charge in [-0.15, -0.1) is 0 Å². The molecule has 1 rings (SSSR count). The highest BCUT2D eigenvalue weighted by Crippen LogP contribution is 2.08. The molecule has 0 saturated heterocycles. The Labute approximate surface area is 134 Å². The summed E-state index contributed by atoms with van der Waals surface area (Å²) in [6, 6.07) is 10.7.